The topological polar surface area (TPSA) is 82.2 Å². The number of para-hydroxylation sites is 2. The maximum atomic E-state index is 12.0. The van der Waals surface area contributed by atoms with Crippen LogP contribution in [0.5, 0.6) is 0 Å². The van der Waals surface area contributed by atoms with Gasteiger partial charge in [-0.25, -0.2) is 4.68 Å². The van der Waals surface area contributed by atoms with Gasteiger partial charge in [0.2, 0.25) is 5.91 Å². The van der Waals surface area contributed by atoms with Crippen LogP contribution in [0.4, 0.5) is 5.69 Å². The highest BCUT2D eigenvalue weighted by Gasteiger charge is 2.16. The highest BCUT2D eigenvalue weighted by Crippen LogP contribution is 2.21. The predicted molar refractivity (Wildman–Crippen MR) is 88.8 cm³/mol. The molecule has 0 saturated carbocycles. The first kappa shape index (κ1) is 18.2. The number of amides is 1. The molecule has 0 aliphatic rings. The third-order valence-electron chi connectivity index (χ3n) is 3.08. The van der Waals surface area contributed by atoms with Crippen molar-refractivity contribution in [3.8, 4) is 5.69 Å². The summed E-state index contributed by atoms with van der Waals surface area (Å²) >= 11 is 0. The Morgan fingerprint density at radius 1 is 1.41 bits per heavy atom. The van der Waals surface area contributed by atoms with Gasteiger partial charge in [-0.15, -0.1) is 12.4 Å². The number of nitrogens with zero attached hydrogens (tertiary/aromatic N) is 2. The van der Waals surface area contributed by atoms with Crippen LogP contribution < -0.4 is 11.1 Å². The Labute approximate surface area is 136 Å². The van der Waals surface area contributed by atoms with Gasteiger partial charge in [0.25, 0.3) is 0 Å². The zero-order valence-corrected chi connectivity index (χ0v) is 13.7. The smallest absolute Gasteiger partial charge is 0.243 e. The van der Waals surface area contributed by atoms with E-state index in [-0.39, 0.29) is 24.9 Å². The fourth-order valence-corrected chi connectivity index (χ4v) is 2.12. The molecule has 22 heavy (non-hydrogen) atoms. The first-order valence-corrected chi connectivity index (χ1v) is 6.71. The number of carbonyl (C=O) groups excluding carboxylic acids is 1. The molecule has 0 bridgehead atoms. The lowest BCUT2D eigenvalue weighted by Gasteiger charge is -2.15. The van der Waals surface area contributed by atoms with Gasteiger partial charge in [-0.1, -0.05) is 12.1 Å². The molecule has 1 aromatic heterocycles. The fourth-order valence-electron chi connectivity index (χ4n) is 2.12. The van der Waals surface area contributed by atoms with Crippen molar-refractivity contribution < 1.29 is 9.53 Å². The predicted octanol–water partition coefficient (Wildman–Crippen LogP) is 1.82. The summed E-state index contributed by atoms with van der Waals surface area (Å²) in [4.78, 5) is 12.0. The van der Waals surface area contributed by atoms with Crippen LogP contribution in [-0.2, 0) is 9.53 Å². The number of hydrogen-bond donors (Lipinski definition) is 2. The second-order valence-corrected chi connectivity index (χ2v) is 4.91. The van der Waals surface area contributed by atoms with Gasteiger partial charge in [0.15, 0.2) is 0 Å². The van der Waals surface area contributed by atoms with Gasteiger partial charge in [-0.2, -0.15) is 5.10 Å². The molecule has 1 aromatic carbocycles. The monoisotopic (exact) mass is 324 g/mol. The van der Waals surface area contributed by atoms with Crippen LogP contribution >= 0.6 is 12.4 Å². The second kappa shape index (κ2) is 7.93. The largest absolute Gasteiger partial charge is 0.383 e. The van der Waals surface area contributed by atoms with E-state index in [0.717, 1.165) is 17.1 Å². The lowest BCUT2D eigenvalue weighted by Crippen LogP contribution is -2.39. The summed E-state index contributed by atoms with van der Waals surface area (Å²) in [5.74, 6) is -0.286. The molecule has 7 heteroatoms. The maximum absolute atomic E-state index is 12.0. The molecule has 0 saturated heterocycles. The third kappa shape index (κ3) is 4.07. The Kier molecular flexibility index (Phi) is 6.55. The van der Waals surface area contributed by atoms with Crippen molar-refractivity contribution in [3.63, 3.8) is 0 Å². The molecule has 0 radical (unpaired) electrons. The van der Waals surface area contributed by atoms with Crippen molar-refractivity contribution in [2.24, 2.45) is 5.73 Å². The Hall–Kier alpha value is -1.89. The van der Waals surface area contributed by atoms with E-state index in [2.05, 4.69) is 10.4 Å². The molecular formula is C15H21ClN4O2. The molecule has 0 aliphatic carbocycles. The van der Waals surface area contributed by atoms with Crippen LogP contribution in [0, 0.1) is 13.8 Å². The minimum absolute atomic E-state index is 0. The van der Waals surface area contributed by atoms with E-state index >= 15 is 0 Å². The summed E-state index contributed by atoms with van der Waals surface area (Å²) in [6, 6.07) is 8.75. The van der Waals surface area contributed by atoms with Crippen molar-refractivity contribution >= 4 is 24.0 Å². The van der Waals surface area contributed by atoms with Crippen molar-refractivity contribution in [2.75, 3.05) is 19.0 Å². The van der Waals surface area contributed by atoms with Gasteiger partial charge < -0.3 is 15.8 Å². The van der Waals surface area contributed by atoms with Gasteiger partial charge in [0.1, 0.15) is 6.04 Å². The van der Waals surface area contributed by atoms with Crippen LogP contribution in [0.15, 0.2) is 30.3 Å². The van der Waals surface area contributed by atoms with Gasteiger partial charge in [-0.3, -0.25) is 4.79 Å². The number of nitrogens with two attached hydrogens (primary N) is 1. The van der Waals surface area contributed by atoms with E-state index in [4.69, 9.17) is 10.5 Å². The molecule has 1 amide bonds. The molecule has 2 aromatic rings. The first-order chi connectivity index (χ1) is 10.0. The molecule has 120 valence electrons. The number of ether oxygens (including phenoxy) is 1. The Balaban J connectivity index is 0.00000242. The number of methoxy groups -OCH3 is 1. The number of anilines is 1. The van der Waals surface area contributed by atoms with E-state index in [9.17, 15) is 4.79 Å². The summed E-state index contributed by atoms with van der Waals surface area (Å²) in [5, 5.41) is 7.26. The molecule has 0 fully saturated rings. The quantitative estimate of drug-likeness (QED) is 0.879. The number of halogens is 1. The van der Waals surface area contributed by atoms with E-state index in [1.165, 1.54) is 7.11 Å². The minimum Gasteiger partial charge on any atom is -0.383 e. The van der Waals surface area contributed by atoms with Crippen LogP contribution in [0.3, 0.4) is 0 Å². The van der Waals surface area contributed by atoms with Crippen LogP contribution in [0.25, 0.3) is 5.69 Å². The summed E-state index contributed by atoms with van der Waals surface area (Å²) in [5.41, 5.74) is 9.13. The van der Waals surface area contributed by atoms with Crippen molar-refractivity contribution in [1.82, 2.24) is 9.78 Å². The highest BCUT2D eigenvalue weighted by atomic mass is 35.5. The zero-order chi connectivity index (χ0) is 15.4. The lowest BCUT2D eigenvalue weighted by molar-refractivity contribution is -0.118. The van der Waals surface area contributed by atoms with Crippen LogP contribution in [-0.4, -0.2) is 35.4 Å². The standard InChI is InChI=1S/C15H20N4O2.ClH/c1-10-8-11(2)19(18-10)14-7-5-4-6-13(14)17-15(20)12(16)9-21-3;/h4-8,12H,9,16H2,1-3H3,(H,17,20);1H. The van der Waals surface area contributed by atoms with Gasteiger partial charge in [0.05, 0.1) is 23.7 Å². The maximum Gasteiger partial charge on any atom is 0.243 e. The van der Waals surface area contributed by atoms with Crippen molar-refractivity contribution in [3.05, 3.63) is 41.7 Å². The molecule has 1 heterocycles. The molecule has 0 aliphatic heterocycles. The first-order valence-electron chi connectivity index (χ1n) is 6.71. The normalized spacial score (nSPS) is 11.6. The fraction of sp³-hybridized carbons (Fsp3) is 0.333. The zero-order valence-electron chi connectivity index (χ0n) is 12.9. The average Bonchev–Trinajstić information content (AvgIpc) is 2.78. The van der Waals surface area contributed by atoms with Crippen LogP contribution in [0.2, 0.25) is 0 Å². The number of aromatic nitrogens is 2. The Morgan fingerprint density at radius 3 is 2.68 bits per heavy atom. The molecule has 0 spiro atoms. The van der Waals surface area contributed by atoms with Crippen molar-refractivity contribution in [2.45, 2.75) is 19.9 Å². The third-order valence-corrected chi connectivity index (χ3v) is 3.08. The molecule has 1 unspecified atom stereocenters. The van der Waals surface area contributed by atoms with Crippen molar-refractivity contribution in [1.29, 1.82) is 0 Å². The van der Waals surface area contributed by atoms with E-state index in [1.54, 1.807) is 4.68 Å². The number of aryl methyl sites for hydroxylation is 2. The summed E-state index contributed by atoms with van der Waals surface area (Å²) < 4.78 is 6.69. The minimum atomic E-state index is -0.705. The van der Waals surface area contributed by atoms with Gasteiger partial charge >= 0.3 is 0 Å². The number of benzene rings is 1. The van der Waals surface area contributed by atoms with E-state index in [0.29, 0.717) is 5.69 Å². The van der Waals surface area contributed by atoms with E-state index in [1.807, 2.05) is 44.2 Å². The van der Waals surface area contributed by atoms with E-state index < -0.39 is 6.04 Å². The molecule has 3 N–H and O–H groups in total. The molecule has 1 atom stereocenters. The molecular weight excluding hydrogens is 304 g/mol. The summed E-state index contributed by atoms with van der Waals surface area (Å²) in [6.07, 6.45) is 0. The van der Waals surface area contributed by atoms with Gasteiger partial charge in [-0.05, 0) is 32.0 Å². The Morgan fingerprint density at radius 2 is 2.09 bits per heavy atom. The molecule has 2 rings (SSSR count). The number of rotatable bonds is 5. The number of nitrogens with one attached hydrogen (secondary N) is 1. The second-order valence-electron chi connectivity index (χ2n) is 4.91. The number of hydrogen-bond acceptors (Lipinski definition) is 4. The Bertz CT molecular complexity index is 642. The number of carbonyl (C=O) groups is 1. The highest BCUT2D eigenvalue weighted by molar-refractivity contribution is 5.96. The SMILES string of the molecule is COCC(N)C(=O)Nc1ccccc1-n1nc(C)cc1C.Cl. The average molecular weight is 325 g/mol. The molecule has 6 nitrogen and oxygen atoms in total. The van der Waals surface area contributed by atoms with Gasteiger partial charge in [0, 0.05) is 12.8 Å². The summed E-state index contributed by atoms with van der Waals surface area (Å²) in [7, 11) is 1.51. The van der Waals surface area contributed by atoms with Crippen LogP contribution in [0.1, 0.15) is 11.4 Å². The summed E-state index contributed by atoms with van der Waals surface area (Å²) in [6.45, 7) is 4.07. The lowest BCUT2D eigenvalue weighted by atomic mass is 10.2.